The second kappa shape index (κ2) is 7.49. The number of nitrogens with zero attached hydrogens (tertiary/aromatic N) is 1. The molecule has 0 radical (unpaired) electrons. The number of ether oxygens (including phenoxy) is 1. The topological polar surface area (TPSA) is 32.7 Å². The van der Waals surface area contributed by atoms with Crippen molar-refractivity contribution in [3.05, 3.63) is 0 Å². The zero-order chi connectivity index (χ0) is 11.1. The molecule has 0 aromatic rings. The van der Waals surface area contributed by atoms with Crippen molar-refractivity contribution in [2.75, 3.05) is 39.7 Å². The molecule has 0 aliphatic heterocycles. The molecule has 15 heavy (non-hydrogen) atoms. The van der Waals surface area contributed by atoms with E-state index >= 15 is 0 Å². The molecule has 4 heteroatoms. The van der Waals surface area contributed by atoms with Crippen molar-refractivity contribution < 1.29 is 9.84 Å². The fourth-order valence-corrected chi connectivity index (χ4v) is 2.88. The SMILES string of the molecule is CS[C@H]1CC[C@@H](N(C)CCOCCO)C1. The van der Waals surface area contributed by atoms with Gasteiger partial charge in [0.1, 0.15) is 0 Å². The van der Waals surface area contributed by atoms with Gasteiger partial charge in [-0.15, -0.1) is 0 Å². The van der Waals surface area contributed by atoms with Gasteiger partial charge in [0.25, 0.3) is 0 Å². The minimum absolute atomic E-state index is 0.127. The molecule has 0 amide bonds. The van der Waals surface area contributed by atoms with E-state index in [2.05, 4.69) is 18.2 Å². The summed E-state index contributed by atoms with van der Waals surface area (Å²) in [7, 11) is 2.18. The summed E-state index contributed by atoms with van der Waals surface area (Å²) in [5.41, 5.74) is 0. The zero-order valence-corrected chi connectivity index (χ0v) is 10.6. The number of hydrogen-bond acceptors (Lipinski definition) is 4. The van der Waals surface area contributed by atoms with Crippen molar-refractivity contribution in [1.29, 1.82) is 0 Å². The highest BCUT2D eigenvalue weighted by Gasteiger charge is 2.26. The summed E-state index contributed by atoms with van der Waals surface area (Å²) >= 11 is 1.99. The van der Waals surface area contributed by atoms with E-state index < -0.39 is 0 Å². The van der Waals surface area contributed by atoms with Crippen molar-refractivity contribution >= 4 is 11.8 Å². The molecule has 0 bridgehead atoms. The Morgan fingerprint density at radius 2 is 2.20 bits per heavy atom. The quantitative estimate of drug-likeness (QED) is 0.670. The van der Waals surface area contributed by atoms with Gasteiger partial charge in [0.15, 0.2) is 0 Å². The number of aliphatic hydroxyl groups excluding tert-OH is 1. The number of aliphatic hydroxyl groups is 1. The van der Waals surface area contributed by atoms with Crippen LogP contribution in [0, 0.1) is 0 Å². The number of rotatable bonds is 7. The second-order valence-electron chi connectivity index (χ2n) is 4.14. The Balaban J connectivity index is 2.09. The van der Waals surface area contributed by atoms with E-state index in [9.17, 15) is 0 Å². The van der Waals surface area contributed by atoms with Crippen LogP contribution in [0.4, 0.5) is 0 Å². The minimum atomic E-state index is 0.127. The van der Waals surface area contributed by atoms with E-state index in [1.54, 1.807) is 0 Å². The van der Waals surface area contributed by atoms with Crippen LogP contribution in [0.1, 0.15) is 19.3 Å². The summed E-state index contributed by atoms with van der Waals surface area (Å²) in [4.78, 5) is 2.40. The average Bonchev–Trinajstić information content (AvgIpc) is 2.72. The van der Waals surface area contributed by atoms with Crippen molar-refractivity contribution in [2.24, 2.45) is 0 Å². The molecule has 1 aliphatic carbocycles. The molecule has 1 N–H and O–H groups in total. The van der Waals surface area contributed by atoms with Crippen molar-refractivity contribution in [3.8, 4) is 0 Å². The van der Waals surface area contributed by atoms with Gasteiger partial charge in [0, 0.05) is 17.8 Å². The van der Waals surface area contributed by atoms with Crippen LogP contribution in [0.3, 0.4) is 0 Å². The van der Waals surface area contributed by atoms with Crippen molar-refractivity contribution in [1.82, 2.24) is 4.90 Å². The monoisotopic (exact) mass is 233 g/mol. The first-order valence-electron chi connectivity index (χ1n) is 5.69. The number of likely N-dealkylation sites (N-methyl/N-ethyl adjacent to an activating group) is 1. The van der Waals surface area contributed by atoms with Gasteiger partial charge in [-0.1, -0.05) is 0 Å². The maximum atomic E-state index is 8.57. The molecule has 90 valence electrons. The fraction of sp³-hybridized carbons (Fsp3) is 1.00. The fourth-order valence-electron chi connectivity index (χ4n) is 2.09. The molecule has 3 nitrogen and oxygen atoms in total. The van der Waals surface area contributed by atoms with Gasteiger partial charge in [-0.3, -0.25) is 0 Å². The molecule has 0 unspecified atom stereocenters. The lowest BCUT2D eigenvalue weighted by Crippen LogP contribution is -2.32. The molecule has 0 saturated heterocycles. The lowest BCUT2D eigenvalue weighted by molar-refractivity contribution is 0.0709. The van der Waals surface area contributed by atoms with Gasteiger partial charge >= 0.3 is 0 Å². The maximum absolute atomic E-state index is 8.57. The summed E-state index contributed by atoms with van der Waals surface area (Å²) in [6.07, 6.45) is 6.20. The summed E-state index contributed by atoms with van der Waals surface area (Å²) in [5.74, 6) is 0. The van der Waals surface area contributed by atoms with Crippen LogP contribution >= 0.6 is 11.8 Å². The highest BCUT2D eigenvalue weighted by molar-refractivity contribution is 7.99. The van der Waals surface area contributed by atoms with E-state index in [0.29, 0.717) is 6.61 Å². The Morgan fingerprint density at radius 1 is 1.40 bits per heavy atom. The number of thioether (sulfide) groups is 1. The summed E-state index contributed by atoms with van der Waals surface area (Å²) in [6, 6.07) is 0.736. The average molecular weight is 233 g/mol. The van der Waals surface area contributed by atoms with Gasteiger partial charge < -0.3 is 14.7 Å². The highest BCUT2D eigenvalue weighted by Crippen LogP contribution is 2.30. The molecule has 0 aromatic carbocycles. The van der Waals surface area contributed by atoms with Gasteiger partial charge in [-0.2, -0.15) is 11.8 Å². The van der Waals surface area contributed by atoms with Crippen LogP contribution in [0.2, 0.25) is 0 Å². The largest absolute Gasteiger partial charge is 0.394 e. The third-order valence-corrected chi connectivity index (χ3v) is 4.23. The summed E-state index contributed by atoms with van der Waals surface area (Å²) < 4.78 is 5.27. The first-order chi connectivity index (χ1) is 7.27. The van der Waals surface area contributed by atoms with Crippen LogP contribution in [0.5, 0.6) is 0 Å². The van der Waals surface area contributed by atoms with Gasteiger partial charge in [-0.05, 0) is 32.6 Å². The van der Waals surface area contributed by atoms with Crippen molar-refractivity contribution in [2.45, 2.75) is 30.6 Å². The van der Waals surface area contributed by atoms with Gasteiger partial charge in [-0.25, -0.2) is 0 Å². The Labute approximate surface area is 97.2 Å². The van der Waals surface area contributed by atoms with Crippen molar-refractivity contribution in [3.63, 3.8) is 0 Å². The molecular formula is C11H23NO2S. The molecule has 2 atom stereocenters. The van der Waals surface area contributed by atoms with Crippen LogP contribution in [0.25, 0.3) is 0 Å². The summed E-state index contributed by atoms with van der Waals surface area (Å²) in [5, 5.41) is 9.43. The van der Waals surface area contributed by atoms with Crippen LogP contribution in [-0.4, -0.2) is 61.0 Å². The van der Waals surface area contributed by atoms with E-state index in [1.807, 2.05) is 11.8 Å². The molecule has 1 fully saturated rings. The normalized spacial score (nSPS) is 26.4. The van der Waals surface area contributed by atoms with Crippen LogP contribution < -0.4 is 0 Å². The standard InChI is InChI=1S/C11H23NO2S/c1-12(5-7-14-8-6-13)10-3-4-11(9-10)15-2/h10-11,13H,3-9H2,1-2H3/t10-,11+/m1/s1. The molecular weight excluding hydrogens is 210 g/mol. The predicted octanol–water partition coefficient (Wildman–Crippen LogP) is 1.21. The lowest BCUT2D eigenvalue weighted by Gasteiger charge is -2.24. The molecule has 0 aromatic heterocycles. The third kappa shape index (κ3) is 4.72. The van der Waals surface area contributed by atoms with Crippen LogP contribution in [-0.2, 0) is 4.74 Å². The second-order valence-corrected chi connectivity index (χ2v) is 5.28. The van der Waals surface area contributed by atoms with Gasteiger partial charge in [0.2, 0.25) is 0 Å². The Morgan fingerprint density at radius 3 is 2.80 bits per heavy atom. The minimum Gasteiger partial charge on any atom is -0.394 e. The Hall–Kier alpha value is 0.230. The summed E-state index contributed by atoms with van der Waals surface area (Å²) in [6.45, 7) is 2.30. The number of hydrogen-bond donors (Lipinski definition) is 1. The molecule has 1 saturated carbocycles. The predicted molar refractivity (Wildman–Crippen MR) is 65.5 cm³/mol. The van der Waals surface area contributed by atoms with Crippen LogP contribution in [0.15, 0.2) is 0 Å². The Kier molecular flexibility index (Phi) is 6.64. The Bertz CT molecular complexity index is 169. The zero-order valence-electron chi connectivity index (χ0n) is 9.82. The third-order valence-electron chi connectivity index (χ3n) is 3.14. The molecule has 1 rings (SSSR count). The van der Waals surface area contributed by atoms with E-state index in [1.165, 1.54) is 19.3 Å². The maximum Gasteiger partial charge on any atom is 0.0698 e. The first-order valence-corrected chi connectivity index (χ1v) is 6.98. The van der Waals surface area contributed by atoms with E-state index in [0.717, 1.165) is 24.4 Å². The lowest BCUT2D eigenvalue weighted by atomic mass is 10.2. The smallest absolute Gasteiger partial charge is 0.0698 e. The first kappa shape index (κ1) is 13.3. The molecule has 0 heterocycles. The van der Waals surface area contributed by atoms with E-state index in [-0.39, 0.29) is 6.61 Å². The highest BCUT2D eigenvalue weighted by atomic mass is 32.2. The molecule has 0 spiro atoms. The molecule has 1 aliphatic rings. The van der Waals surface area contributed by atoms with Gasteiger partial charge in [0.05, 0.1) is 19.8 Å². The van der Waals surface area contributed by atoms with E-state index in [4.69, 9.17) is 9.84 Å².